The third-order valence-electron chi connectivity index (χ3n) is 3.75. The lowest BCUT2D eigenvalue weighted by Gasteiger charge is -2.29. The molecule has 1 aliphatic rings. The lowest BCUT2D eigenvalue weighted by molar-refractivity contribution is 0.0598. The Bertz CT molecular complexity index is 459. The number of hydrogen-bond donors (Lipinski definition) is 1. The van der Waals surface area contributed by atoms with Gasteiger partial charge in [0.1, 0.15) is 11.9 Å². The minimum atomic E-state index is -0.374. The molecular formula is C15H21NO3. The number of carbonyl (C=O) groups excluding carboxylic acids is 1. The molecule has 2 unspecified atom stereocenters. The Balaban J connectivity index is 2.16. The minimum Gasteiger partial charge on any atom is -0.488 e. The molecule has 4 nitrogen and oxygen atoms in total. The molecule has 4 heteroatoms. The van der Waals surface area contributed by atoms with Crippen molar-refractivity contribution in [3.05, 3.63) is 23.8 Å². The number of nitrogen functional groups attached to an aromatic ring is 1. The van der Waals surface area contributed by atoms with Crippen molar-refractivity contribution in [1.29, 1.82) is 0 Å². The maximum Gasteiger partial charge on any atom is 0.337 e. The van der Waals surface area contributed by atoms with Gasteiger partial charge in [-0.25, -0.2) is 4.79 Å². The highest BCUT2D eigenvalue weighted by Gasteiger charge is 2.23. The number of nitrogens with two attached hydrogens (primary N) is 1. The smallest absolute Gasteiger partial charge is 0.337 e. The van der Waals surface area contributed by atoms with Crippen LogP contribution in [0.3, 0.4) is 0 Å². The molecule has 1 fully saturated rings. The van der Waals surface area contributed by atoms with E-state index in [1.54, 1.807) is 18.2 Å². The van der Waals surface area contributed by atoms with E-state index in [4.69, 9.17) is 15.2 Å². The van der Waals surface area contributed by atoms with Crippen molar-refractivity contribution < 1.29 is 14.3 Å². The summed E-state index contributed by atoms with van der Waals surface area (Å²) in [6, 6.07) is 5.01. The molecule has 1 aromatic rings. The molecule has 104 valence electrons. The van der Waals surface area contributed by atoms with Gasteiger partial charge in [-0.1, -0.05) is 13.3 Å². The molecule has 2 rings (SSSR count). The second kappa shape index (κ2) is 5.95. The Kier molecular flexibility index (Phi) is 4.30. The third kappa shape index (κ3) is 3.19. The molecule has 0 saturated heterocycles. The van der Waals surface area contributed by atoms with Crippen LogP contribution < -0.4 is 10.5 Å². The lowest BCUT2D eigenvalue weighted by Crippen LogP contribution is -2.28. The number of ether oxygens (including phenoxy) is 2. The molecule has 19 heavy (non-hydrogen) atoms. The molecule has 1 aliphatic carbocycles. The van der Waals surface area contributed by atoms with Crippen molar-refractivity contribution in [3.8, 4) is 5.75 Å². The van der Waals surface area contributed by atoms with E-state index < -0.39 is 0 Å². The fourth-order valence-electron chi connectivity index (χ4n) is 2.50. The van der Waals surface area contributed by atoms with Crippen LogP contribution in [0.25, 0.3) is 0 Å². The standard InChI is InChI=1S/C15H21NO3/c1-10-5-3-4-6-13(10)19-14-9-11(15(17)18-2)7-8-12(14)16/h7-10,13H,3-6,16H2,1-2H3. The van der Waals surface area contributed by atoms with E-state index in [2.05, 4.69) is 6.92 Å². The van der Waals surface area contributed by atoms with Crippen LogP contribution in [0, 0.1) is 5.92 Å². The van der Waals surface area contributed by atoms with Gasteiger partial charge >= 0.3 is 5.97 Å². The molecule has 0 bridgehead atoms. The first-order valence-corrected chi connectivity index (χ1v) is 6.76. The zero-order valence-electron chi connectivity index (χ0n) is 11.5. The SMILES string of the molecule is COC(=O)c1ccc(N)c(OC2CCCCC2C)c1. The van der Waals surface area contributed by atoms with Crippen molar-refractivity contribution >= 4 is 11.7 Å². The Labute approximate surface area is 113 Å². The van der Waals surface area contributed by atoms with Gasteiger partial charge in [-0.05, 0) is 43.4 Å². The molecule has 1 aromatic carbocycles. The van der Waals surface area contributed by atoms with Gasteiger partial charge in [0, 0.05) is 0 Å². The van der Waals surface area contributed by atoms with Crippen LogP contribution in [0.4, 0.5) is 5.69 Å². The number of anilines is 1. The highest BCUT2D eigenvalue weighted by atomic mass is 16.5. The van der Waals surface area contributed by atoms with Crippen LogP contribution >= 0.6 is 0 Å². The number of benzene rings is 1. The molecule has 0 spiro atoms. The van der Waals surface area contributed by atoms with E-state index in [1.807, 2.05) is 0 Å². The molecule has 0 amide bonds. The summed E-state index contributed by atoms with van der Waals surface area (Å²) in [5.41, 5.74) is 6.94. The van der Waals surface area contributed by atoms with E-state index >= 15 is 0 Å². The van der Waals surface area contributed by atoms with E-state index in [0.29, 0.717) is 22.9 Å². The zero-order valence-corrected chi connectivity index (χ0v) is 11.5. The maximum atomic E-state index is 11.5. The molecule has 0 aromatic heterocycles. The maximum absolute atomic E-state index is 11.5. The Morgan fingerprint density at radius 1 is 1.32 bits per heavy atom. The summed E-state index contributed by atoms with van der Waals surface area (Å²) in [6.07, 6.45) is 4.86. The summed E-state index contributed by atoms with van der Waals surface area (Å²) >= 11 is 0. The topological polar surface area (TPSA) is 61.5 Å². The number of hydrogen-bond acceptors (Lipinski definition) is 4. The van der Waals surface area contributed by atoms with Crippen molar-refractivity contribution in [2.45, 2.75) is 38.7 Å². The predicted octanol–water partition coefficient (Wildman–Crippen LogP) is 3.01. The number of carbonyl (C=O) groups is 1. The average molecular weight is 263 g/mol. The van der Waals surface area contributed by atoms with Crippen LogP contribution in [0.2, 0.25) is 0 Å². The van der Waals surface area contributed by atoms with Crippen LogP contribution in [-0.4, -0.2) is 19.2 Å². The first-order chi connectivity index (χ1) is 9.11. The first kappa shape index (κ1) is 13.7. The van der Waals surface area contributed by atoms with E-state index in [9.17, 15) is 4.79 Å². The fraction of sp³-hybridized carbons (Fsp3) is 0.533. The van der Waals surface area contributed by atoms with Crippen molar-refractivity contribution in [3.63, 3.8) is 0 Å². The van der Waals surface area contributed by atoms with Gasteiger partial charge in [0.25, 0.3) is 0 Å². The Morgan fingerprint density at radius 2 is 2.05 bits per heavy atom. The van der Waals surface area contributed by atoms with Crippen molar-refractivity contribution in [1.82, 2.24) is 0 Å². The van der Waals surface area contributed by atoms with E-state index in [0.717, 1.165) is 6.42 Å². The van der Waals surface area contributed by atoms with Crippen LogP contribution in [0.5, 0.6) is 5.75 Å². The van der Waals surface area contributed by atoms with Crippen LogP contribution in [-0.2, 0) is 4.74 Å². The number of rotatable bonds is 3. The molecule has 1 saturated carbocycles. The Hall–Kier alpha value is -1.71. The molecule has 0 heterocycles. The van der Waals surface area contributed by atoms with Crippen molar-refractivity contribution in [2.75, 3.05) is 12.8 Å². The van der Waals surface area contributed by atoms with Gasteiger partial charge < -0.3 is 15.2 Å². The highest BCUT2D eigenvalue weighted by Crippen LogP contribution is 2.31. The largest absolute Gasteiger partial charge is 0.488 e. The second-order valence-corrected chi connectivity index (χ2v) is 5.16. The van der Waals surface area contributed by atoms with Crippen molar-refractivity contribution in [2.24, 2.45) is 5.92 Å². The normalized spacial score (nSPS) is 22.8. The Morgan fingerprint density at radius 3 is 2.74 bits per heavy atom. The first-order valence-electron chi connectivity index (χ1n) is 6.76. The summed E-state index contributed by atoms with van der Waals surface area (Å²) < 4.78 is 10.7. The third-order valence-corrected chi connectivity index (χ3v) is 3.75. The van der Waals surface area contributed by atoms with Crippen LogP contribution in [0.1, 0.15) is 43.0 Å². The summed E-state index contributed by atoms with van der Waals surface area (Å²) in [5, 5.41) is 0. The van der Waals surface area contributed by atoms with E-state index in [-0.39, 0.29) is 12.1 Å². The molecule has 2 N–H and O–H groups in total. The quantitative estimate of drug-likeness (QED) is 0.672. The van der Waals surface area contributed by atoms with Gasteiger partial charge in [0.15, 0.2) is 0 Å². The number of esters is 1. The molecular weight excluding hydrogens is 242 g/mol. The summed E-state index contributed by atoms with van der Waals surface area (Å²) in [7, 11) is 1.36. The van der Waals surface area contributed by atoms with Gasteiger partial charge in [0.05, 0.1) is 18.4 Å². The van der Waals surface area contributed by atoms with Gasteiger partial charge in [-0.15, -0.1) is 0 Å². The predicted molar refractivity (Wildman–Crippen MR) is 74.2 cm³/mol. The summed E-state index contributed by atoms with van der Waals surface area (Å²) in [6.45, 7) is 2.20. The number of methoxy groups -OCH3 is 1. The van der Waals surface area contributed by atoms with Crippen LogP contribution in [0.15, 0.2) is 18.2 Å². The highest BCUT2D eigenvalue weighted by molar-refractivity contribution is 5.90. The minimum absolute atomic E-state index is 0.184. The summed E-state index contributed by atoms with van der Waals surface area (Å²) in [5.74, 6) is 0.734. The monoisotopic (exact) mass is 263 g/mol. The average Bonchev–Trinajstić information content (AvgIpc) is 2.42. The van der Waals surface area contributed by atoms with Gasteiger partial charge in [-0.2, -0.15) is 0 Å². The van der Waals surface area contributed by atoms with E-state index in [1.165, 1.54) is 26.4 Å². The van der Waals surface area contributed by atoms with Gasteiger partial charge in [-0.3, -0.25) is 0 Å². The zero-order chi connectivity index (χ0) is 13.8. The second-order valence-electron chi connectivity index (χ2n) is 5.16. The molecule has 0 radical (unpaired) electrons. The fourth-order valence-corrected chi connectivity index (χ4v) is 2.50. The molecule has 0 aliphatic heterocycles. The molecule has 2 atom stereocenters. The summed E-state index contributed by atoms with van der Waals surface area (Å²) in [4.78, 5) is 11.5. The lowest BCUT2D eigenvalue weighted by atomic mass is 9.88. The van der Waals surface area contributed by atoms with Gasteiger partial charge in [0.2, 0.25) is 0 Å².